The number of nitriles is 1. The molecule has 0 aliphatic heterocycles. The largest absolute Gasteiger partial charge is 1.00 e. The van der Waals surface area contributed by atoms with Crippen LogP contribution in [0.1, 0.15) is 85.5 Å². The number of esters is 2. The van der Waals surface area contributed by atoms with Crippen LogP contribution in [0.4, 0.5) is 0 Å². The fourth-order valence-electron chi connectivity index (χ4n) is 2.86. The SMILES string of the molecule is CCCCC(CC)COC(=O)CC(C(=O)OCC(CC)CCCC)S(=O)(=O)[O-].N#COS(=O)(=O)O.[Na+]. The Morgan fingerprint density at radius 1 is 0.917 bits per heavy atom. The van der Waals surface area contributed by atoms with Crippen LogP contribution in [0.3, 0.4) is 0 Å². The third-order valence-corrected chi connectivity index (χ3v) is 6.48. The molecule has 12 nitrogen and oxygen atoms in total. The zero-order valence-electron chi connectivity index (χ0n) is 21.8. The van der Waals surface area contributed by atoms with Gasteiger partial charge < -0.3 is 14.0 Å². The third kappa shape index (κ3) is 22.3. The van der Waals surface area contributed by atoms with Gasteiger partial charge in [-0.25, -0.2) is 8.42 Å². The van der Waals surface area contributed by atoms with E-state index < -0.39 is 44.1 Å². The van der Waals surface area contributed by atoms with Crippen molar-refractivity contribution < 1.29 is 78.7 Å². The first-order chi connectivity index (χ1) is 16.2. The van der Waals surface area contributed by atoms with E-state index in [0.29, 0.717) is 0 Å². The first-order valence-electron chi connectivity index (χ1n) is 11.6. The van der Waals surface area contributed by atoms with Crippen LogP contribution in [0.15, 0.2) is 0 Å². The molecule has 0 rings (SSSR count). The fourth-order valence-corrected chi connectivity index (χ4v) is 3.60. The van der Waals surface area contributed by atoms with Gasteiger partial charge in [0.1, 0.15) is 10.1 Å². The van der Waals surface area contributed by atoms with E-state index in [1.807, 2.05) is 13.8 Å². The van der Waals surface area contributed by atoms with Gasteiger partial charge >= 0.3 is 58.2 Å². The number of carbonyl (C=O) groups excluding carboxylic acids is 2. The number of unbranched alkanes of at least 4 members (excludes halogenated alkanes) is 2. The smallest absolute Gasteiger partial charge is 0.747 e. The number of nitrogens with zero attached hydrogens (tertiary/aromatic N) is 1. The summed E-state index contributed by atoms with van der Waals surface area (Å²) < 4.78 is 73.9. The van der Waals surface area contributed by atoms with Gasteiger partial charge in [0.05, 0.1) is 19.6 Å². The van der Waals surface area contributed by atoms with Crippen molar-refractivity contribution in [3.63, 3.8) is 0 Å². The quantitative estimate of drug-likeness (QED) is 0.108. The maximum Gasteiger partial charge on any atom is 1.00 e. The van der Waals surface area contributed by atoms with E-state index in [1.54, 1.807) is 0 Å². The van der Waals surface area contributed by atoms with Gasteiger partial charge in [0.25, 0.3) is 0 Å². The number of hydrogen-bond acceptors (Lipinski definition) is 11. The topological polar surface area (TPSA) is 197 Å². The molecule has 3 unspecified atom stereocenters. The van der Waals surface area contributed by atoms with Gasteiger partial charge in [-0.1, -0.05) is 66.2 Å². The molecule has 0 saturated heterocycles. The molecule has 0 saturated carbocycles. The molecule has 0 radical (unpaired) electrons. The first kappa shape index (κ1) is 39.6. The van der Waals surface area contributed by atoms with Crippen molar-refractivity contribution in [2.45, 2.75) is 90.7 Å². The molecular weight excluding hydrogens is 529 g/mol. The summed E-state index contributed by atoms with van der Waals surface area (Å²) in [5, 5.41) is 5.33. The van der Waals surface area contributed by atoms with Crippen molar-refractivity contribution in [2.24, 2.45) is 11.8 Å². The molecule has 206 valence electrons. The molecule has 15 heteroatoms. The Morgan fingerprint density at radius 3 is 1.67 bits per heavy atom. The van der Waals surface area contributed by atoms with E-state index in [-0.39, 0.29) is 54.6 Å². The molecule has 0 fully saturated rings. The molecule has 0 heterocycles. The molecule has 0 aromatic heterocycles. The van der Waals surface area contributed by atoms with Gasteiger partial charge in [-0.15, -0.1) is 5.26 Å². The summed E-state index contributed by atoms with van der Waals surface area (Å²) >= 11 is 0. The van der Waals surface area contributed by atoms with E-state index in [1.165, 1.54) is 0 Å². The van der Waals surface area contributed by atoms with Crippen LogP contribution in [-0.4, -0.2) is 56.3 Å². The second kappa shape index (κ2) is 22.1. The molecule has 0 aromatic carbocycles. The maximum absolute atomic E-state index is 12.1. The van der Waals surface area contributed by atoms with Gasteiger partial charge in [0, 0.05) is 0 Å². The molecule has 0 amide bonds. The van der Waals surface area contributed by atoms with Gasteiger partial charge in [-0.3, -0.25) is 18.3 Å². The zero-order valence-corrected chi connectivity index (χ0v) is 25.4. The molecule has 0 aliphatic carbocycles. The van der Waals surface area contributed by atoms with Crippen molar-refractivity contribution in [3.05, 3.63) is 0 Å². The first-order valence-corrected chi connectivity index (χ1v) is 14.4. The summed E-state index contributed by atoms with van der Waals surface area (Å²) in [4.78, 5) is 24.1. The van der Waals surface area contributed by atoms with E-state index in [9.17, 15) is 31.0 Å². The summed E-state index contributed by atoms with van der Waals surface area (Å²) in [7, 11) is -9.55. The average Bonchev–Trinajstić information content (AvgIpc) is 2.76. The minimum Gasteiger partial charge on any atom is -0.747 e. The predicted octanol–water partition coefficient (Wildman–Crippen LogP) is 0.100. The van der Waals surface area contributed by atoms with Crippen molar-refractivity contribution in [1.29, 1.82) is 5.26 Å². The van der Waals surface area contributed by atoms with Gasteiger partial charge in [-0.05, 0) is 24.7 Å². The van der Waals surface area contributed by atoms with Gasteiger partial charge in [0.15, 0.2) is 5.25 Å². The van der Waals surface area contributed by atoms with E-state index in [4.69, 9.17) is 19.3 Å². The molecule has 1 N–H and O–H groups in total. The monoisotopic (exact) mass is 567 g/mol. The van der Waals surface area contributed by atoms with Crippen LogP contribution in [0.5, 0.6) is 0 Å². The second-order valence-electron chi connectivity index (χ2n) is 7.93. The Labute approximate surface area is 237 Å². The molecule has 0 spiro atoms. The Morgan fingerprint density at radius 2 is 1.36 bits per heavy atom. The van der Waals surface area contributed by atoms with E-state index >= 15 is 0 Å². The average molecular weight is 568 g/mol. The zero-order chi connectivity index (χ0) is 27.5. The Balaban J connectivity index is -0.00000118. The molecule has 0 aromatic rings. The minimum atomic E-state index is -5.01. The molecule has 3 atom stereocenters. The normalized spacial score (nSPS) is 13.5. The van der Waals surface area contributed by atoms with Crippen molar-refractivity contribution in [2.75, 3.05) is 13.2 Å². The number of ether oxygens (including phenoxy) is 2. The molecule has 36 heavy (non-hydrogen) atoms. The van der Waals surface area contributed by atoms with Crippen LogP contribution in [0, 0.1) is 23.4 Å². The molecule has 0 bridgehead atoms. The maximum atomic E-state index is 12.1. The third-order valence-electron chi connectivity index (χ3n) is 5.13. The van der Waals surface area contributed by atoms with E-state index in [0.717, 1.165) is 57.6 Å². The summed E-state index contributed by atoms with van der Waals surface area (Å²) in [6.07, 6.45) is 7.35. The predicted molar refractivity (Wildman–Crippen MR) is 125 cm³/mol. The minimum absolute atomic E-state index is 0. The van der Waals surface area contributed by atoms with Crippen LogP contribution in [-0.2, 0) is 43.8 Å². The summed E-state index contributed by atoms with van der Waals surface area (Å²) in [6, 6.07) is 0. The standard InChI is InChI=1S/C20H38O7S.CHNO4S.Na/c1-5-9-11-16(7-3)14-26-19(21)13-18(28(23,24)25)20(22)27-15-17(8-4)12-10-6-2;2-1-6-7(3,4)5;/h16-18H,5-15H2,1-4H3,(H,23,24,25);(H,3,4,5);/q;;+1/p-1. The Hall–Kier alpha value is -0.950. The second-order valence-corrected chi connectivity index (χ2v) is 10.5. The van der Waals surface area contributed by atoms with Crippen LogP contribution in [0.2, 0.25) is 0 Å². The van der Waals surface area contributed by atoms with Crippen molar-refractivity contribution >= 4 is 32.5 Å². The molecular formula is C21H38NNaO11S2. The van der Waals surface area contributed by atoms with Crippen molar-refractivity contribution in [1.82, 2.24) is 0 Å². The number of hydrogen-bond donors (Lipinski definition) is 1. The summed E-state index contributed by atoms with van der Waals surface area (Å²) in [6.45, 7) is 8.26. The molecule has 0 aliphatic rings. The fraction of sp³-hybridized carbons (Fsp3) is 0.857. The van der Waals surface area contributed by atoms with Gasteiger partial charge in [-0.2, -0.15) is 8.42 Å². The van der Waals surface area contributed by atoms with Crippen molar-refractivity contribution in [3.8, 4) is 6.26 Å². The van der Waals surface area contributed by atoms with E-state index in [2.05, 4.69) is 18.0 Å². The summed E-state index contributed by atoms with van der Waals surface area (Å²) in [5.41, 5.74) is 0. The number of carbonyl (C=O) groups is 2. The van der Waals surface area contributed by atoms with Crippen LogP contribution in [0.25, 0.3) is 0 Å². The van der Waals surface area contributed by atoms with Gasteiger partial charge in [0.2, 0.25) is 0 Å². The Bertz CT molecular complexity index is 858. The summed E-state index contributed by atoms with van der Waals surface area (Å²) in [5.74, 6) is -1.74. The van der Waals surface area contributed by atoms with Crippen LogP contribution >= 0.6 is 0 Å². The Kier molecular flexibility index (Phi) is 24.3. The number of rotatable bonds is 17. The van der Waals surface area contributed by atoms with Crippen LogP contribution < -0.4 is 29.6 Å².